The molecule has 0 spiro atoms. The zero-order chi connectivity index (χ0) is 8.10. The zero-order valence-electron chi connectivity index (χ0n) is 7.97. The van der Waals surface area contributed by atoms with E-state index in [0.29, 0.717) is 0 Å². The van der Waals surface area contributed by atoms with Crippen LogP contribution in [0.5, 0.6) is 0 Å². The second kappa shape index (κ2) is 4.76. The van der Waals surface area contributed by atoms with Gasteiger partial charge in [-0.05, 0) is 38.3 Å². The lowest BCUT2D eigenvalue weighted by molar-refractivity contribution is 0.272. The average Bonchev–Trinajstić information content (AvgIpc) is 2.81. The molecule has 0 aromatic carbocycles. The lowest BCUT2D eigenvalue weighted by atomic mass is 10.3. The van der Waals surface area contributed by atoms with E-state index in [2.05, 4.69) is 18.7 Å². The van der Waals surface area contributed by atoms with Gasteiger partial charge in [-0.25, -0.2) is 0 Å². The molecule has 0 aromatic rings. The van der Waals surface area contributed by atoms with Crippen molar-refractivity contribution in [2.24, 2.45) is 5.92 Å². The summed E-state index contributed by atoms with van der Waals surface area (Å²) >= 11 is 0. The summed E-state index contributed by atoms with van der Waals surface area (Å²) in [5.74, 6) is 1.06. The molecule has 1 rings (SSSR count). The van der Waals surface area contributed by atoms with Crippen LogP contribution in [-0.2, 0) is 0 Å². The molecule has 1 nitrogen and oxygen atoms in total. The van der Waals surface area contributed by atoms with Crippen LogP contribution >= 0.6 is 0 Å². The van der Waals surface area contributed by atoms with Crippen LogP contribution in [0.3, 0.4) is 0 Å². The molecule has 11 heavy (non-hydrogen) atoms. The summed E-state index contributed by atoms with van der Waals surface area (Å²) in [4.78, 5) is 2.60. The van der Waals surface area contributed by atoms with Crippen molar-refractivity contribution in [2.75, 3.05) is 19.6 Å². The Kier molecular flexibility index (Phi) is 3.92. The molecule has 0 amide bonds. The van der Waals surface area contributed by atoms with Crippen molar-refractivity contribution in [2.45, 2.75) is 39.5 Å². The van der Waals surface area contributed by atoms with Crippen molar-refractivity contribution in [3.63, 3.8) is 0 Å². The summed E-state index contributed by atoms with van der Waals surface area (Å²) in [6.07, 6.45) is 5.69. The summed E-state index contributed by atoms with van der Waals surface area (Å²) in [7, 11) is 0. The first-order chi connectivity index (χ1) is 5.36. The molecular weight excluding hydrogens is 134 g/mol. The van der Waals surface area contributed by atoms with E-state index in [4.69, 9.17) is 0 Å². The maximum Gasteiger partial charge on any atom is 0.000954 e. The number of nitrogens with zero attached hydrogens (tertiary/aromatic N) is 1. The number of hydrogen-bond donors (Lipinski definition) is 0. The highest BCUT2D eigenvalue weighted by Gasteiger charge is 2.22. The van der Waals surface area contributed by atoms with E-state index >= 15 is 0 Å². The second-order valence-corrected chi connectivity index (χ2v) is 3.69. The first-order valence-electron chi connectivity index (χ1n) is 5.09. The second-order valence-electron chi connectivity index (χ2n) is 3.69. The maximum absolute atomic E-state index is 2.60. The summed E-state index contributed by atoms with van der Waals surface area (Å²) < 4.78 is 0. The van der Waals surface area contributed by atoms with Gasteiger partial charge in [0.05, 0.1) is 0 Å². The van der Waals surface area contributed by atoms with E-state index in [1.807, 2.05) is 0 Å². The Labute approximate surface area is 70.8 Å². The van der Waals surface area contributed by atoms with Gasteiger partial charge in [-0.2, -0.15) is 0 Å². The Morgan fingerprint density at radius 3 is 2.45 bits per heavy atom. The molecule has 1 saturated carbocycles. The van der Waals surface area contributed by atoms with E-state index in [9.17, 15) is 0 Å². The number of hydrogen-bond acceptors (Lipinski definition) is 1. The van der Waals surface area contributed by atoms with E-state index in [0.717, 1.165) is 5.92 Å². The minimum atomic E-state index is 1.06. The van der Waals surface area contributed by atoms with Crippen LogP contribution in [0, 0.1) is 5.92 Å². The largest absolute Gasteiger partial charge is 0.303 e. The lowest BCUT2D eigenvalue weighted by Gasteiger charge is -2.19. The van der Waals surface area contributed by atoms with Gasteiger partial charge in [-0.3, -0.25) is 0 Å². The van der Waals surface area contributed by atoms with E-state index in [1.165, 1.54) is 45.3 Å². The molecule has 1 heteroatoms. The molecular formula is C10H21N. The fourth-order valence-electron chi connectivity index (χ4n) is 1.43. The summed E-state index contributed by atoms with van der Waals surface area (Å²) in [6, 6.07) is 0. The van der Waals surface area contributed by atoms with Gasteiger partial charge < -0.3 is 4.90 Å². The molecule has 1 fully saturated rings. The Morgan fingerprint density at radius 1 is 1.27 bits per heavy atom. The number of unbranched alkanes of at least 4 members (excludes halogenated alkanes) is 1. The molecule has 0 aromatic heterocycles. The molecule has 0 saturated heterocycles. The van der Waals surface area contributed by atoms with E-state index < -0.39 is 0 Å². The quantitative estimate of drug-likeness (QED) is 0.569. The van der Waals surface area contributed by atoms with Crippen molar-refractivity contribution in [1.29, 1.82) is 0 Å². The third-order valence-corrected chi connectivity index (χ3v) is 2.49. The minimum absolute atomic E-state index is 1.06. The maximum atomic E-state index is 2.60. The smallest absolute Gasteiger partial charge is 0.000954 e. The molecule has 1 aliphatic rings. The standard InChI is InChI=1S/C10H21N/c1-3-5-8-11(4-2)9-10-6-7-10/h10H,3-9H2,1-2H3. The van der Waals surface area contributed by atoms with E-state index in [-0.39, 0.29) is 0 Å². The van der Waals surface area contributed by atoms with Crippen LogP contribution < -0.4 is 0 Å². The van der Waals surface area contributed by atoms with Crippen LogP contribution in [-0.4, -0.2) is 24.5 Å². The molecule has 0 heterocycles. The van der Waals surface area contributed by atoms with Crippen molar-refractivity contribution in [1.82, 2.24) is 4.90 Å². The topological polar surface area (TPSA) is 3.24 Å². The van der Waals surface area contributed by atoms with Crippen LogP contribution in [0.1, 0.15) is 39.5 Å². The monoisotopic (exact) mass is 155 g/mol. The Hall–Kier alpha value is -0.0400. The predicted molar refractivity (Wildman–Crippen MR) is 49.7 cm³/mol. The van der Waals surface area contributed by atoms with Crippen molar-refractivity contribution in [3.8, 4) is 0 Å². The van der Waals surface area contributed by atoms with Gasteiger partial charge >= 0.3 is 0 Å². The molecule has 0 N–H and O–H groups in total. The van der Waals surface area contributed by atoms with Gasteiger partial charge in [0.15, 0.2) is 0 Å². The highest BCUT2D eigenvalue weighted by Crippen LogP contribution is 2.29. The Balaban J connectivity index is 2.02. The fraction of sp³-hybridized carbons (Fsp3) is 1.00. The highest BCUT2D eigenvalue weighted by molar-refractivity contribution is 4.76. The van der Waals surface area contributed by atoms with Gasteiger partial charge in [-0.15, -0.1) is 0 Å². The third kappa shape index (κ3) is 3.76. The molecule has 66 valence electrons. The average molecular weight is 155 g/mol. The van der Waals surface area contributed by atoms with Crippen molar-refractivity contribution in [3.05, 3.63) is 0 Å². The third-order valence-electron chi connectivity index (χ3n) is 2.49. The molecule has 0 unspecified atom stereocenters. The van der Waals surface area contributed by atoms with Crippen LogP contribution in [0.2, 0.25) is 0 Å². The van der Waals surface area contributed by atoms with Gasteiger partial charge in [0, 0.05) is 6.54 Å². The van der Waals surface area contributed by atoms with E-state index in [1.54, 1.807) is 0 Å². The van der Waals surface area contributed by atoms with Gasteiger partial charge in [0.2, 0.25) is 0 Å². The summed E-state index contributed by atoms with van der Waals surface area (Å²) in [5.41, 5.74) is 0. The fourth-order valence-corrected chi connectivity index (χ4v) is 1.43. The van der Waals surface area contributed by atoms with Gasteiger partial charge in [0.1, 0.15) is 0 Å². The Bertz CT molecular complexity index is 97.0. The molecule has 0 aliphatic heterocycles. The van der Waals surface area contributed by atoms with Crippen molar-refractivity contribution >= 4 is 0 Å². The molecule has 1 aliphatic carbocycles. The molecule has 0 bridgehead atoms. The normalized spacial score (nSPS) is 17.7. The number of rotatable bonds is 6. The first-order valence-corrected chi connectivity index (χ1v) is 5.09. The Morgan fingerprint density at radius 2 is 2.00 bits per heavy atom. The lowest BCUT2D eigenvalue weighted by Crippen LogP contribution is -2.26. The van der Waals surface area contributed by atoms with Gasteiger partial charge in [0.25, 0.3) is 0 Å². The summed E-state index contributed by atoms with van der Waals surface area (Å²) in [5, 5.41) is 0. The molecule has 0 atom stereocenters. The highest BCUT2D eigenvalue weighted by atomic mass is 15.1. The molecule has 0 radical (unpaired) electrons. The van der Waals surface area contributed by atoms with Crippen LogP contribution in [0.25, 0.3) is 0 Å². The van der Waals surface area contributed by atoms with Gasteiger partial charge in [-0.1, -0.05) is 20.3 Å². The first kappa shape index (κ1) is 9.05. The minimum Gasteiger partial charge on any atom is -0.303 e. The van der Waals surface area contributed by atoms with Crippen LogP contribution in [0.4, 0.5) is 0 Å². The summed E-state index contributed by atoms with van der Waals surface area (Å²) in [6.45, 7) is 8.49. The van der Waals surface area contributed by atoms with Crippen LogP contribution in [0.15, 0.2) is 0 Å². The van der Waals surface area contributed by atoms with Crippen molar-refractivity contribution < 1.29 is 0 Å². The SMILES string of the molecule is CCCCN(CC)CC1CC1. The zero-order valence-corrected chi connectivity index (χ0v) is 7.97. The predicted octanol–water partition coefficient (Wildman–Crippen LogP) is 2.52.